The molecule has 8 nitrogen and oxygen atoms in total. The summed E-state index contributed by atoms with van der Waals surface area (Å²) in [6.07, 6.45) is 1.50. The number of nitrogens with zero attached hydrogens (tertiary/aromatic N) is 6. The van der Waals surface area contributed by atoms with Gasteiger partial charge in [0, 0.05) is 50.7 Å². The fourth-order valence-corrected chi connectivity index (χ4v) is 5.81. The van der Waals surface area contributed by atoms with Crippen LogP contribution in [0.1, 0.15) is 30.3 Å². The molecule has 0 N–H and O–H groups in total. The first-order valence-corrected chi connectivity index (χ1v) is 14.0. The summed E-state index contributed by atoms with van der Waals surface area (Å²) in [7, 11) is 0. The fraction of sp³-hybridized carbons (Fsp3) is 0.312. The average Bonchev–Trinajstić information content (AvgIpc) is 3.40. The van der Waals surface area contributed by atoms with Gasteiger partial charge in [-0.15, -0.1) is 10.2 Å². The third-order valence-electron chi connectivity index (χ3n) is 7.92. The first-order valence-electron chi connectivity index (χ1n) is 14.0. The lowest BCUT2D eigenvalue weighted by Gasteiger charge is -2.41. The van der Waals surface area contributed by atoms with Crippen molar-refractivity contribution in [1.29, 1.82) is 0 Å². The highest BCUT2D eigenvalue weighted by Gasteiger charge is 2.27. The standard InChI is InChI=1S/C32H34N6O2/c1-23-9-8-12-26(21-23)36-20-19-35(22-24(36)2)30(39)16-15-29-33-34-32-37(18-17-25-10-4-3-5-11-25)31(40)27-13-6-7-14-28(27)38(29)32/h3-14,21,24H,15-20,22H2,1-2H3. The molecule has 1 aliphatic rings. The summed E-state index contributed by atoms with van der Waals surface area (Å²) in [4.78, 5) is 31.1. The topological polar surface area (TPSA) is 75.7 Å². The second-order valence-corrected chi connectivity index (χ2v) is 10.7. The number of aromatic nitrogens is 4. The van der Waals surface area contributed by atoms with E-state index in [2.05, 4.69) is 65.3 Å². The molecule has 3 heterocycles. The first kappa shape index (κ1) is 25.8. The van der Waals surface area contributed by atoms with Crippen LogP contribution in [0.3, 0.4) is 0 Å². The van der Waals surface area contributed by atoms with Crippen molar-refractivity contribution < 1.29 is 4.79 Å². The molecule has 1 aliphatic heterocycles. The van der Waals surface area contributed by atoms with Gasteiger partial charge in [-0.1, -0.05) is 54.6 Å². The molecule has 6 rings (SSSR count). The molecule has 2 aromatic heterocycles. The van der Waals surface area contributed by atoms with Crippen molar-refractivity contribution in [1.82, 2.24) is 24.1 Å². The number of para-hydroxylation sites is 1. The normalized spacial score (nSPS) is 15.7. The Bertz CT molecular complexity index is 1720. The molecule has 0 aliphatic carbocycles. The van der Waals surface area contributed by atoms with E-state index in [4.69, 9.17) is 0 Å². The van der Waals surface area contributed by atoms with Crippen molar-refractivity contribution in [3.05, 3.63) is 106 Å². The van der Waals surface area contributed by atoms with Crippen molar-refractivity contribution in [2.45, 2.75) is 45.7 Å². The highest BCUT2D eigenvalue weighted by Crippen LogP contribution is 2.22. The van der Waals surface area contributed by atoms with E-state index in [1.165, 1.54) is 11.3 Å². The molecule has 8 heteroatoms. The first-order chi connectivity index (χ1) is 19.5. The van der Waals surface area contributed by atoms with E-state index in [1.54, 1.807) is 4.57 Å². The van der Waals surface area contributed by atoms with Gasteiger partial charge in [-0.2, -0.15) is 0 Å². The Morgan fingerprint density at radius 1 is 0.925 bits per heavy atom. The zero-order valence-corrected chi connectivity index (χ0v) is 23.0. The average molecular weight is 535 g/mol. The van der Waals surface area contributed by atoms with Gasteiger partial charge in [-0.25, -0.2) is 0 Å². The molecule has 0 saturated carbocycles. The Labute approximate surface area is 233 Å². The van der Waals surface area contributed by atoms with Gasteiger partial charge in [0.25, 0.3) is 5.56 Å². The summed E-state index contributed by atoms with van der Waals surface area (Å²) >= 11 is 0. The minimum absolute atomic E-state index is 0.0745. The number of aryl methyl sites for hydroxylation is 4. The second kappa shape index (κ2) is 11.0. The number of piperazine rings is 1. The SMILES string of the molecule is Cc1cccc(N2CCN(C(=O)CCc3nnc4n(CCc5ccccc5)c(=O)c5ccccc5n34)CC2C)c1. The minimum Gasteiger partial charge on any atom is -0.365 e. The maximum atomic E-state index is 13.4. The Balaban J connectivity index is 1.21. The van der Waals surface area contributed by atoms with Gasteiger partial charge in [0.2, 0.25) is 11.7 Å². The maximum absolute atomic E-state index is 13.4. The summed E-state index contributed by atoms with van der Waals surface area (Å²) < 4.78 is 3.66. The molecule has 1 saturated heterocycles. The lowest BCUT2D eigenvalue weighted by atomic mass is 10.1. The number of benzene rings is 3. The van der Waals surface area contributed by atoms with Gasteiger partial charge in [0.15, 0.2) is 0 Å². The third-order valence-corrected chi connectivity index (χ3v) is 7.92. The summed E-state index contributed by atoms with van der Waals surface area (Å²) in [5, 5.41) is 9.53. The van der Waals surface area contributed by atoms with Crippen LogP contribution in [-0.4, -0.2) is 55.6 Å². The predicted octanol–water partition coefficient (Wildman–Crippen LogP) is 4.27. The van der Waals surface area contributed by atoms with Crippen molar-refractivity contribution in [3.8, 4) is 0 Å². The molecule has 3 aromatic carbocycles. The zero-order chi connectivity index (χ0) is 27.6. The van der Waals surface area contributed by atoms with E-state index < -0.39 is 0 Å². The van der Waals surface area contributed by atoms with Crippen molar-refractivity contribution in [3.63, 3.8) is 0 Å². The number of rotatable bonds is 7. The van der Waals surface area contributed by atoms with Gasteiger partial charge in [0.1, 0.15) is 5.82 Å². The Morgan fingerprint density at radius 2 is 1.73 bits per heavy atom. The number of hydrogen-bond donors (Lipinski definition) is 0. The van der Waals surface area contributed by atoms with E-state index in [9.17, 15) is 9.59 Å². The molecule has 40 heavy (non-hydrogen) atoms. The van der Waals surface area contributed by atoms with Crippen LogP contribution in [0.15, 0.2) is 83.7 Å². The van der Waals surface area contributed by atoms with Crippen molar-refractivity contribution in [2.24, 2.45) is 0 Å². The monoisotopic (exact) mass is 534 g/mol. The molecule has 1 amide bonds. The fourth-order valence-electron chi connectivity index (χ4n) is 5.81. The number of anilines is 1. The van der Waals surface area contributed by atoms with E-state index in [0.717, 1.165) is 17.6 Å². The van der Waals surface area contributed by atoms with E-state index in [1.807, 2.05) is 51.8 Å². The predicted molar refractivity (Wildman–Crippen MR) is 158 cm³/mol. The van der Waals surface area contributed by atoms with Crippen LogP contribution in [-0.2, 0) is 24.2 Å². The molecule has 0 spiro atoms. The van der Waals surface area contributed by atoms with Gasteiger partial charge >= 0.3 is 0 Å². The molecule has 5 aromatic rings. The molecular formula is C32H34N6O2. The van der Waals surface area contributed by atoms with Crippen LogP contribution in [0.25, 0.3) is 16.7 Å². The Kier molecular flexibility index (Phi) is 7.07. The van der Waals surface area contributed by atoms with Crippen LogP contribution in [0.4, 0.5) is 5.69 Å². The number of carbonyl (C=O) groups is 1. The quantitative estimate of drug-likeness (QED) is 0.312. The van der Waals surface area contributed by atoms with Crippen molar-refractivity contribution >= 4 is 28.3 Å². The molecule has 1 unspecified atom stereocenters. The van der Waals surface area contributed by atoms with Gasteiger partial charge in [-0.05, 0) is 55.7 Å². The maximum Gasteiger partial charge on any atom is 0.262 e. The van der Waals surface area contributed by atoms with Gasteiger partial charge in [0.05, 0.1) is 10.9 Å². The summed E-state index contributed by atoms with van der Waals surface area (Å²) in [6.45, 7) is 6.97. The largest absolute Gasteiger partial charge is 0.365 e. The zero-order valence-electron chi connectivity index (χ0n) is 23.0. The molecule has 1 fully saturated rings. The lowest BCUT2D eigenvalue weighted by molar-refractivity contribution is -0.131. The molecule has 1 atom stereocenters. The Morgan fingerprint density at radius 3 is 2.52 bits per heavy atom. The summed E-state index contributed by atoms with van der Waals surface area (Å²) in [5.74, 6) is 1.33. The van der Waals surface area contributed by atoms with Crippen molar-refractivity contribution in [2.75, 3.05) is 24.5 Å². The van der Waals surface area contributed by atoms with E-state index in [-0.39, 0.29) is 17.5 Å². The minimum atomic E-state index is -0.0745. The van der Waals surface area contributed by atoms with Crippen LogP contribution < -0.4 is 10.5 Å². The van der Waals surface area contributed by atoms with E-state index in [0.29, 0.717) is 55.9 Å². The number of carbonyl (C=O) groups excluding carboxylic acids is 1. The van der Waals surface area contributed by atoms with E-state index >= 15 is 0 Å². The molecule has 0 radical (unpaired) electrons. The molecule has 0 bridgehead atoms. The smallest absolute Gasteiger partial charge is 0.262 e. The lowest BCUT2D eigenvalue weighted by Crippen LogP contribution is -2.53. The Hall–Kier alpha value is -4.46. The number of hydrogen-bond acceptors (Lipinski definition) is 5. The van der Waals surface area contributed by atoms with Crippen LogP contribution >= 0.6 is 0 Å². The third kappa shape index (κ3) is 4.97. The number of fused-ring (bicyclic) bond motifs is 3. The molecular weight excluding hydrogens is 500 g/mol. The molecule has 204 valence electrons. The van der Waals surface area contributed by atoms with Crippen LogP contribution in [0.5, 0.6) is 0 Å². The van der Waals surface area contributed by atoms with Gasteiger partial charge in [-0.3, -0.25) is 18.6 Å². The van der Waals surface area contributed by atoms with Crippen LogP contribution in [0, 0.1) is 6.92 Å². The van der Waals surface area contributed by atoms with Crippen LogP contribution in [0.2, 0.25) is 0 Å². The second-order valence-electron chi connectivity index (χ2n) is 10.7. The summed E-state index contributed by atoms with van der Waals surface area (Å²) in [5.41, 5.74) is 4.30. The van der Waals surface area contributed by atoms with Gasteiger partial charge < -0.3 is 9.80 Å². The summed E-state index contributed by atoms with van der Waals surface area (Å²) in [6, 6.07) is 26.4. The highest BCUT2D eigenvalue weighted by molar-refractivity contribution is 5.80. The number of amides is 1. The highest BCUT2D eigenvalue weighted by atomic mass is 16.2.